The Morgan fingerprint density at radius 2 is 1.90 bits per heavy atom. The van der Waals surface area contributed by atoms with E-state index in [-0.39, 0.29) is 13.1 Å². The number of rotatable bonds is 4. The highest BCUT2D eigenvalue weighted by Crippen LogP contribution is 2.17. The van der Waals surface area contributed by atoms with Crippen LogP contribution >= 0.6 is 0 Å². The molecular formula is C12H18N2O6. The summed E-state index contributed by atoms with van der Waals surface area (Å²) in [4.78, 5) is 46.2. The first-order chi connectivity index (χ1) is 9.34. The highest BCUT2D eigenvalue weighted by Gasteiger charge is 2.35. The molecule has 1 fully saturated rings. The predicted octanol–water partition coefficient (Wildman–Crippen LogP) is -0.711. The van der Waals surface area contributed by atoms with Crippen LogP contribution in [0.1, 0.15) is 26.2 Å². The Kier molecular flexibility index (Phi) is 5.48. The van der Waals surface area contributed by atoms with Crippen LogP contribution in [0.3, 0.4) is 0 Å². The fourth-order valence-corrected chi connectivity index (χ4v) is 1.97. The first-order valence-electron chi connectivity index (χ1n) is 6.39. The summed E-state index contributed by atoms with van der Waals surface area (Å²) in [6.07, 6.45) is 1.66. The predicted molar refractivity (Wildman–Crippen MR) is 66.8 cm³/mol. The second-order valence-corrected chi connectivity index (χ2v) is 4.80. The van der Waals surface area contributed by atoms with Crippen molar-refractivity contribution in [3.8, 4) is 0 Å². The van der Waals surface area contributed by atoms with Gasteiger partial charge in [0.05, 0.1) is 5.92 Å². The minimum atomic E-state index is -1.13. The Morgan fingerprint density at radius 3 is 2.45 bits per heavy atom. The lowest BCUT2D eigenvalue weighted by atomic mass is 10.0. The smallest absolute Gasteiger partial charge is 0.326 e. The topological polar surface area (TPSA) is 124 Å². The lowest BCUT2D eigenvalue weighted by molar-refractivity contribution is -0.156. The third-order valence-electron chi connectivity index (χ3n) is 3.23. The quantitative estimate of drug-likeness (QED) is 0.586. The van der Waals surface area contributed by atoms with Gasteiger partial charge in [0, 0.05) is 13.1 Å². The van der Waals surface area contributed by atoms with Gasteiger partial charge in [0.1, 0.15) is 6.04 Å². The van der Waals surface area contributed by atoms with Crippen LogP contribution < -0.4 is 5.32 Å². The summed E-state index contributed by atoms with van der Waals surface area (Å²) in [7, 11) is 0. The summed E-state index contributed by atoms with van der Waals surface area (Å²) in [5, 5.41) is 19.9. The molecule has 0 bridgehead atoms. The van der Waals surface area contributed by atoms with Gasteiger partial charge in [-0.25, -0.2) is 4.79 Å². The van der Waals surface area contributed by atoms with E-state index in [9.17, 15) is 19.2 Å². The Labute approximate surface area is 115 Å². The summed E-state index contributed by atoms with van der Waals surface area (Å²) in [6, 6.07) is -0.987. The van der Waals surface area contributed by atoms with Crippen LogP contribution in [0.2, 0.25) is 0 Å². The zero-order chi connectivity index (χ0) is 15.3. The van der Waals surface area contributed by atoms with Crippen molar-refractivity contribution >= 4 is 23.8 Å². The fraction of sp³-hybridized carbons (Fsp3) is 0.667. The molecule has 1 aliphatic heterocycles. The molecule has 0 aromatic heterocycles. The van der Waals surface area contributed by atoms with Gasteiger partial charge in [0.15, 0.2) is 0 Å². The first-order valence-corrected chi connectivity index (χ1v) is 6.39. The minimum absolute atomic E-state index is 0.175. The molecule has 1 unspecified atom stereocenters. The van der Waals surface area contributed by atoms with Crippen molar-refractivity contribution in [2.75, 3.05) is 13.1 Å². The Hall–Kier alpha value is -2.12. The molecular weight excluding hydrogens is 268 g/mol. The number of aliphatic carboxylic acids is 2. The van der Waals surface area contributed by atoms with Crippen LogP contribution in [0.5, 0.6) is 0 Å². The van der Waals surface area contributed by atoms with Crippen molar-refractivity contribution in [2.24, 2.45) is 5.92 Å². The van der Waals surface area contributed by atoms with Crippen LogP contribution in [-0.4, -0.2) is 58.0 Å². The zero-order valence-electron chi connectivity index (χ0n) is 11.2. The first kappa shape index (κ1) is 15.9. The van der Waals surface area contributed by atoms with E-state index in [4.69, 9.17) is 10.2 Å². The maximum atomic E-state index is 11.9. The van der Waals surface area contributed by atoms with Crippen LogP contribution in [0.4, 0.5) is 0 Å². The number of hydrogen-bond donors (Lipinski definition) is 3. The molecule has 0 aromatic carbocycles. The molecule has 20 heavy (non-hydrogen) atoms. The van der Waals surface area contributed by atoms with E-state index in [1.165, 1.54) is 6.92 Å². The maximum absolute atomic E-state index is 11.9. The van der Waals surface area contributed by atoms with Crippen LogP contribution in [0.25, 0.3) is 0 Å². The highest BCUT2D eigenvalue weighted by molar-refractivity contribution is 6.35. The standard InChI is InChI=1S/C12H18N2O6/c1-7(11(17)18)6-13-9(15)10(16)14-5-3-2-4-8(14)12(19)20/h7-8H,2-6H2,1H3,(H,13,15)(H,17,18)(H,19,20)/t7?,8-/m0/s1. The molecule has 0 spiro atoms. The molecule has 0 radical (unpaired) electrons. The molecule has 112 valence electrons. The van der Waals surface area contributed by atoms with Gasteiger partial charge >= 0.3 is 23.8 Å². The van der Waals surface area contributed by atoms with Gasteiger partial charge in [-0.3, -0.25) is 14.4 Å². The second kappa shape index (κ2) is 6.88. The molecule has 0 aromatic rings. The minimum Gasteiger partial charge on any atom is -0.481 e. The number of nitrogens with one attached hydrogen (secondary N) is 1. The molecule has 2 atom stereocenters. The molecule has 1 rings (SSSR count). The van der Waals surface area contributed by atoms with E-state index in [0.717, 1.165) is 4.90 Å². The van der Waals surface area contributed by atoms with E-state index < -0.39 is 35.7 Å². The summed E-state index contributed by atoms with van der Waals surface area (Å²) in [6.45, 7) is 1.44. The highest BCUT2D eigenvalue weighted by atomic mass is 16.4. The number of carbonyl (C=O) groups excluding carboxylic acids is 2. The number of carbonyl (C=O) groups is 4. The molecule has 8 heteroatoms. The van der Waals surface area contributed by atoms with Crippen molar-refractivity contribution < 1.29 is 29.4 Å². The zero-order valence-corrected chi connectivity index (χ0v) is 11.2. The van der Waals surface area contributed by atoms with Crippen molar-refractivity contribution in [3.05, 3.63) is 0 Å². The van der Waals surface area contributed by atoms with E-state index in [1.807, 2.05) is 0 Å². The van der Waals surface area contributed by atoms with Gasteiger partial charge < -0.3 is 20.4 Å². The maximum Gasteiger partial charge on any atom is 0.326 e. The lowest BCUT2D eigenvalue weighted by Gasteiger charge is -2.32. The normalized spacial score (nSPS) is 20.1. The summed E-state index contributed by atoms with van der Waals surface area (Å²) >= 11 is 0. The molecule has 8 nitrogen and oxygen atoms in total. The van der Waals surface area contributed by atoms with Crippen molar-refractivity contribution in [1.29, 1.82) is 0 Å². The summed E-state index contributed by atoms with van der Waals surface area (Å²) in [5.74, 6) is -4.92. The van der Waals surface area contributed by atoms with Gasteiger partial charge in [-0.15, -0.1) is 0 Å². The lowest BCUT2D eigenvalue weighted by Crippen LogP contribution is -2.53. The van der Waals surface area contributed by atoms with Gasteiger partial charge in [0.25, 0.3) is 0 Å². The van der Waals surface area contributed by atoms with E-state index in [0.29, 0.717) is 19.3 Å². The van der Waals surface area contributed by atoms with E-state index >= 15 is 0 Å². The second-order valence-electron chi connectivity index (χ2n) is 4.80. The molecule has 2 amide bonds. The molecule has 1 heterocycles. The molecule has 0 saturated carbocycles. The van der Waals surface area contributed by atoms with Crippen molar-refractivity contribution in [2.45, 2.75) is 32.2 Å². The van der Waals surface area contributed by atoms with E-state index in [2.05, 4.69) is 5.32 Å². The monoisotopic (exact) mass is 286 g/mol. The third kappa shape index (κ3) is 3.94. The number of likely N-dealkylation sites (tertiary alicyclic amines) is 1. The molecule has 1 aliphatic rings. The van der Waals surface area contributed by atoms with Gasteiger partial charge in [-0.05, 0) is 19.3 Å². The third-order valence-corrected chi connectivity index (χ3v) is 3.23. The number of amides is 2. The molecule has 0 aliphatic carbocycles. The Morgan fingerprint density at radius 1 is 1.25 bits per heavy atom. The van der Waals surface area contributed by atoms with Gasteiger partial charge in [-0.1, -0.05) is 6.92 Å². The number of hydrogen-bond acceptors (Lipinski definition) is 4. The Balaban J connectivity index is 2.60. The average molecular weight is 286 g/mol. The fourth-order valence-electron chi connectivity index (χ4n) is 1.97. The van der Waals surface area contributed by atoms with Crippen LogP contribution in [0.15, 0.2) is 0 Å². The summed E-state index contributed by atoms with van der Waals surface area (Å²) in [5.41, 5.74) is 0. The molecule has 1 saturated heterocycles. The van der Waals surface area contributed by atoms with Crippen molar-refractivity contribution in [1.82, 2.24) is 10.2 Å². The van der Waals surface area contributed by atoms with Crippen molar-refractivity contribution in [3.63, 3.8) is 0 Å². The number of carboxylic acid groups (broad SMARTS) is 2. The molecule has 3 N–H and O–H groups in total. The van der Waals surface area contributed by atoms with Gasteiger partial charge in [-0.2, -0.15) is 0 Å². The average Bonchev–Trinajstić information content (AvgIpc) is 2.43. The largest absolute Gasteiger partial charge is 0.481 e. The van der Waals surface area contributed by atoms with Gasteiger partial charge in [0.2, 0.25) is 0 Å². The number of nitrogens with zero attached hydrogens (tertiary/aromatic N) is 1. The number of carboxylic acids is 2. The SMILES string of the molecule is CC(CNC(=O)C(=O)N1CCCC[C@H]1C(=O)O)C(=O)O. The van der Waals surface area contributed by atoms with E-state index in [1.54, 1.807) is 0 Å². The number of piperidine rings is 1. The van der Waals surface area contributed by atoms with Crippen LogP contribution in [0, 0.1) is 5.92 Å². The van der Waals surface area contributed by atoms with Crippen LogP contribution in [-0.2, 0) is 19.2 Å². The summed E-state index contributed by atoms with van der Waals surface area (Å²) < 4.78 is 0. The Bertz CT molecular complexity index is 422.